The summed E-state index contributed by atoms with van der Waals surface area (Å²) in [7, 11) is 0. The molecule has 1 amide bonds. The van der Waals surface area contributed by atoms with E-state index in [0.29, 0.717) is 11.4 Å². The lowest BCUT2D eigenvalue weighted by Crippen LogP contribution is -2.29. The smallest absolute Gasteiger partial charge is 0.277 e. The molecule has 1 N–H and O–H groups in total. The standard InChI is InChI=1S/C24H18N4O3/c1-15-7-9-16(10-8-15)21-20-22(26-25-21)24(29)27(18-5-3-2-4-6-18)23(20)17-11-13-19(14-12-17)28(30)31/h2-14,23H,1H3,(H,25,26). The average Bonchev–Trinajstić information content (AvgIpc) is 3.34. The van der Waals surface area contributed by atoms with Crippen LogP contribution in [-0.4, -0.2) is 21.0 Å². The quantitative estimate of drug-likeness (QED) is 0.377. The molecule has 0 spiro atoms. The zero-order valence-electron chi connectivity index (χ0n) is 16.6. The fourth-order valence-corrected chi connectivity index (χ4v) is 4.03. The van der Waals surface area contributed by atoms with Gasteiger partial charge in [-0.2, -0.15) is 5.10 Å². The summed E-state index contributed by atoms with van der Waals surface area (Å²) in [5, 5.41) is 18.5. The van der Waals surface area contributed by atoms with E-state index in [1.165, 1.54) is 12.1 Å². The molecule has 3 aromatic carbocycles. The number of hydrogen-bond acceptors (Lipinski definition) is 4. The first-order valence-corrected chi connectivity index (χ1v) is 9.83. The number of rotatable bonds is 4. The molecular formula is C24H18N4O3. The van der Waals surface area contributed by atoms with Gasteiger partial charge in [0.05, 0.1) is 16.7 Å². The largest absolute Gasteiger partial charge is 0.295 e. The Morgan fingerprint density at radius 2 is 1.65 bits per heavy atom. The first-order valence-electron chi connectivity index (χ1n) is 9.83. The molecule has 1 aliphatic heterocycles. The van der Waals surface area contributed by atoms with E-state index in [1.54, 1.807) is 17.0 Å². The van der Waals surface area contributed by atoms with Crippen LogP contribution < -0.4 is 4.90 Å². The van der Waals surface area contributed by atoms with Crippen molar-refractivity contribution in [3.8, 4) is 11.3 Å². The minimum absolute atomic E-state index is 0.00510. The zero-order chi connectivity index (χ0) is 21.5. The Bertz CT molecular complexity index is 1280. The molecule has 4 aromatic rings. The molecule has 31 heavy (non-hydrogen) atoms. The number of benzene rings is 3. The summed E-state index contributed by atoms with van der Waals surface area (Å²) < 4.78 is 0. The molecule has 1 atom stereocenters. The summed E-state index contributed by atoms with van der Waals surface area (Å²) in [6.45, 7) is 2.01. The number of nitrogens with one attached hydrogen (secondary N) is 1. The van der Waals surface area contributed by atoms with E-state index in [9.17, 15) is 14.9 Å². The molecule has 1 aromatic heterocycles. The van der Waals surface area contributed by atoms with Crippen molar-refractivity contribution in [1.29, 1.82) is 0 Å². The Hall–Kier alpha value is -4.26. The van der Waals surface area contributed by atoms with Gasteiger partial charge in [-0.1, -0.05) is 48.0 Å². The van der Waals surface area contributed by atoms with Gasteiger partial charge < -0.3 is 0 Å². The highest BCUT2D eigenvalue weighted by Crippen LogP contribution is 2.45. The number of carbonyl (C=O) groups excluding carboxylic acids is 1. The van der Waals surface area contributed by atoms with Gasteiger partial charge in [0.2, 0.25) is 0 Å². The Kier molecular flexibility index (Phi) is 4.36. The molecule has 0 bridgehead atoms. The second-order valence-electron chi connectivity index (χ2n) is 7.49. The second-order valence-corrected chi connectivity index (χ2v) is 7.49. The molecule has 0 saturated carbocycles. The van der Waals surface area contributed by atoms with Gasteiger partial charge in [0.1, 0.15) is 5.69 Å². The third kappa shape index (κ3) is 3.07. The SMILES string of the molecule is Cc1ccc(-c2n[nH]c3c2C(c2ccc([N+](=O)[O-])cc2)N(c2ccccc2)C3=O)cc1. The Balaban J connectivity index is 1.70. The van der Waals surface area contributed by atoms with Crippen LogP contribution in [0.4, 0.5) is 11.4 Å². The van der Waals surface area contributed by atoms with Crippen LogP contribution in [-0.2, 0) is 0 Å². The molecule has 0 aliphatic carbocycles. The van der Waals surface area contributed by atoms with Gasteiger partial charge in [-0.15, -0.1) is 0 Å². The first-order chi connectivity index (χ1) is 15.0. The number of aromatic nitrogens is 2. The van der Waals surface area contributed by atoms with Crippen LogP contribution in [0.1, 0.15) is 33.2 Å². The van der Waals surface area contributed by atoms with Crippen molar-refractivity contribution in [2.75, 3.05) is 4.90 Å². The number of nitro benzene ring substituents is 1. The molecule has 0 radical (unpaired) electrons. The molecule has 7 nitrogen and oxygen atoms in total. The number of anilines is 1. The summed E-state index contributed by atoms with van der Waals surface area (Å²) in [6, 6.07) is 23.2. The van der Waals surface area contributed by atoms with Crippen molar-refractivity contribution in [2.45, 2.75) is 13.0 Å². The number of nitrogens with zero attached hydrogens (tertiary/aromatic N) is 3. The molecule has 152 valence electrons. The summed E-state index contributed by atoms with van der Waals surface area (Å²) in [5.41, 5.74) is 5.46. The number of H-pyrrole nitrogens is 1. The second kappa shape index (κ2) is 7.21. The van der Waals surface area contributed by atoms with Crippen molar-refractivity contribution in [3.63, 3.8) is 0 Å². The van der Waals surface area contributed by atoms with E-state index in [1.807, 2.05) is 61.5 Å². The van der Waals surface area contributed by atoms with Crippen LogP contribution in [0.5, 0.6) is 0 Å². The third-order valence-electron chi connectivity index (χ3n) is 5.55. The third-order valence-corrected chi connectivity index (χ3v) is 5.55. The Labute approximate surface area is 178 Å². The average molecular weight is 410 g/mol. The van der Waals surface area contributed by atoms with Gasteiger partial charge in [0, 0.05) is 28.9 Å². The van der Waals surface area contributed by atoms with Gasteiger partial charge in [-0.3, -0.25) is 24.9 Å². The lowest BCUT2D eigenvalue weighted by Gasteiger charge is -2.26. The predicted octanol–water partition coefficient (Wildman–Crippen LogP) is 5.04. The van der Waals surface area contributed by atoms with E-state index in [4.69, 9.17) is 0 Å². The maximum atomic E-state index is 13.4. The van der Waals surface area contributed by atoms with Gasteiger partial charge in [-0.05, 0) is 36.8 Å². The minimum atomic E-state index is -0.458. The number of carbonyl (C=O) groups is 1. The highest BCUT2D eigenvalue weighted by atomic mass is 16.6. The van der Waals surface area contributed by atoms with Crippen LogP contribution in [0.25, 0.3) is 11.3 Å². The summed E-state index contributed by atoms with van der Waals surface area (Å²) in [4.78, 5) is 25.8. The van der Waals surface area contributed by atoms with E-state index >= 15 is 0 Å². The number of hydrogen-bond donors (Lipinski definition) is 1. The Morgan fingerprint density at radius 3 is 2.29 bits per heavy atom. The molecule has 0 saturated heterocycles. The van der Waals surface area contributed by atoms with Crippen molar-refractivity contribution >= 4 is 17.3 Å². The van der Waals surface area contributed by atoms with Gasteiger partial charge in [0.25, 0.3) is 11.6 Å². The fraction of sp³-hybridized carbons (Fsp3) is 0.0833. The number of para-hydroxylation sites is 1. The topological polar surface area (TPSA) is 92.1 Å². The predicted molar refractivity (Wildman–Crippen MR) is 117 cm³/mol. The zero-order valence-corrected chi connectivity index (χ0v) is 16.6. The maximum Gasteiger partial charge on any atom is 0.277 e. The summed E-state index contributed by atoms with van der Waals surface area (Å²) in [6.07, 6.45) is 0. The van der Waals surface area contributed by atoms with Crippen molar-refractivity contribution in [1.82, 2.24) is 10.2 Å². The monoisotopic (exact) mass is 410 g/mol. The molecule has 1 aliphatic rings. The van der Waals surface area contributed by atoms with Gasteiger partial charge >= 0.3 is 0 Å². The minimum Gasteiger partial charge on any atom is -0.295 e. The highest BCUT2D eigenvalue weighted by Gasteiger charge is 2.43. The van der Waals surface area contributed by atoms with E-state index in [2.05, 4.69) is 10.2 Å². The number of aromatic amines is 1. The van der Waals surface area contributed by atoms with Crippen LogP contribution in [0.3, 0.4) is 0 Å². The molecule has 0 fully saturated rings. The van der Waals surface area contributed by atoms with E-state index in [-0.39, 0.29) is 11.6 Å². The lowest BCUT2D eigenvalue weighted by molar-refractivity contribution is -0.384. The van der Waals surface area contributed by atoms with Gasteiger partial charge in [-0.25, -0.2) is 0 Å². The van der Waals surface area contributed by atoms with Crippen LogP contribution >= 0.6 is 0 Å². The summed E-state index contributed by atoms with van der Waals surface area (Å²) >= 11 is 0. The number of nitro groups is 1. The fourth-order valence-electron chi connectivity index (χ4n) is 4.03. The molecule has 5 rings (SSSR count). The van der Waals surface area contributed by atoms with Crippen LogP contribution in [0.15, 0.2) is 78.9 Å². The van der Waals surface area contributed by atoms with E-state index < -0.39 is 11.0 Å². The number of fused-ring (bicyclic) bond motifs is 1. The molecule has 7 heteroatoms. The number of non-ortho nitro benzene ring substituents is 1. The Morgan fingerprint density at radius 1 is 0.968 bits per heavy atom. The number of amides is 1. The van der Waals surface area contributed by atoms with E-state index in [0.717, 1.165) is 27.9 Å². The summed E-state index contributed by atoms with van der Waals surface area (Å²) in [5.74, 6) is -0.185. The van der Waals surface area contributed by atoms with Crippen molar-refractivity contribution in [3.05, 3.63) is 111 Å². The number of aryl methyl sites for hydroxylation is 1. The lowest BCUT2D eigenvalue weighted by atomic mass is 9.95. The molecule has 1 unspecified atom stereocenters. The van der Waals surface area contributed by atoms with Crippen LogP contribution in [0, 0.1) is 17.0 Å². The van der Waals surface area contributed by atoms with Gasteiger partial charge in [0.15, 0.2) is 0 Å². The molecule has 2 heterocycles. The first kappa shape index (κ1) is 18.7. The maximum absolute atomic E-state index is 13.4. The van der Waals surface area contributed by atoms with Crippen molar-refractivity contribution < 1.29 is 9.72 Å². The highest BCUT2D eigenvalue weighted by molar-refractivity contribution is 6.11. The van der Waals surface area contributed by atoms with Crippen molar-refractivity contribution in [2.24, 2.45) is 0 Å². The molecular weight excluding hydrogens is 392 g/mol. The van der Waals surface area contributed by atoms with Crippen LogP contribution in [0.2, 0.25) is 0 Å². The normalized spacial score (nSPS) is 15.2.